The Morgan fingerprint density at radius 3 is 2.65 bits per heavy atom. The number of nitrogens with two attached hydrogens (primary N) is 1. The van der Waals surface area contributed by atoms with Gasteiger partial charge in [0.1, 0.15) is 17.4 Å². The molecule has 1 atom stereocenters. The highest BCUT2D eigenvalue weighted by Gasteiger charge is 2.39. The van der Waals surface area contributed by atoms with E-state index in [9.17, 15) is 18.0 Å². The van der Waals surface area contributed by atoms with Crippen LogP contribution < -0.4 is 10.5 Å². The van der Waals surface area contributed by atoms with Gasteiger partial charge < -0.3 is 15.4 Å². The molecule has 1 aromatic rings. The molecule has 0 aliphatic carbocycles. The molecule has 0 aromatic heterocycles. The summed E-state index contributed by atoms with van der Waals surface area (Å²) in [6.07, 6.45) is -4.36. The van der Waals surface area contributed by atoms with Crippen LogP contribution in [0.1, 0.15) is 22.3 Å². The van der Waals surface area contributed by atoms with Crippen LogP contribution in [0, 0.1) is 0 Å². The molecule has 0 radical (unpaired) electrons. The van der Waals surface area contributed by atoms with Gasteiger partial charge in [-0.3, -0.25) is 4.79 Å². The molecule has 110 valence electrons. The van der Waals surface area contributed by atoms with Crippen LogP contribution in [0.3, 0.4) is 0 Å². The summed E-state index contributed by atoms with van der Waals surface area (Å²) in [5.41, 5.74) is 3.34. The smallest absolute Gasteiger partial charge is 0.420 e. The summed E-state index contributed by atoms with van der Waals surface area (Å²) in [6, 6.07) is 3.61. The predicted octanol–water partition coefficient (Wildman–Crippen LogP) is 1.89. The van der Waals surface area contributed by atoms with Crippen LogP contribution in [0.15, 0.2) is 18.2 Å². The number of primary amides is 1. The topological polar surface area (TPSA) is 55.6 Å². The van der Waals surface area contributed by atoms with E-state index in [1.165, 1.54) is 12.1 Å². The Hall–Kier alpha value is -1.76. The second kappa shape index (κ2) is 5.32. The van der Waals surface area contributed by atoms with Gasteiger partial charge in [-0.05, 0) is 25.6 Å². The minimum atomic E-state index is -4.69. The van der Waals surface area contributed by atoms with Crippen molar-refractivity contribution in [3.05, 3.63) is 29.3 Å². The minimum Gasteiger partial charge on any atom is -0.488 e. The molecule has 2 N–H and O–H groups in total. The summed E-state index contributed by atoms with van der Waals surface area (Å²) < 4.78 is 44.8. The molecule has 1 aromatic carbocycles. The molecule has 1 fully saturated rings. The molecule has 1 aliphatic rings. The first-order valence-corrected chi connectivity index (χ1v) is 6.14. The summed E-state index contributed by atoms with van der Waals surface area (Å²) >= 11 is 0. The second-order valence-corrected chi connectivity index (χ2v) is 4.83. The zero-order chi connectivity index (χ0) is 14.9. The fourth-order valence-electron chi connectivity index (χ4n) is 2.30. The lowest BCUT2D eigenvalue weighted by Gasteiger charge is -2.19. The van der Waals surface area contributed by atoms with E-state index in [1.54, 1.807) is 0 Å². The molecule has 4 nitrogen and oxygen atoms in total. The molecule has 7 heteroatoms. The van der Waals surface area contributed by atoms with E-state index in [2.05, 4.69) is 0 Å². The summed E-state index contributed by atoms with van der Waals surface area (Å²) in [5.74, 6) is -1.46. The predicted molar refractivity (Wildman–Crippen MR) is 66.5 cm³/mol. The van der Waals surface area contributed by atoms with Crippen molar-refractivity contribution in [2.45, 2.75) is 18.7 Å². The third-order valence-electron chi connectivity index (χ3n) is 3.22. The first kappa shape index (κ1) is 14.6. The van der Waals surface area contributed by atoms with Crippen molar-refractivity contribution in [2.75, 3.05) is 20.1 Å². The number of alkyl halides is 3. The van der Waals surface area contributed by atoms with Gasteiger partial charge in [-0.2, -0.15) is 13.2 Å². The molecule has 0 spiro atoms. The van der Waals surface area contributed by atoms with Gasteiger partial charge in [0.15, 0.2) is 0 Å². The van der Waals surface area contributed by atoms with Crippen LogP contribution in [0.5, 0.6) is 5.75 Å². The number of hydrogen-bond acceptors (Lipinski definition) is 3. The highest BCUT2D eigenvalue weighted by atomic mass is 19.4. The van der Waals surface area contributed by atoms with Gasteiger partial charge in [0.25, 0.3) is 0 Å². The largest absolute Gasteiger partial charge is 0.488 e. The van der Waals surface area contributed by atoms with Crippen molar-refractivity contribution in [2.24, 2.45) is 5.73 Å². The summed E-state index contributed by atoms with van der Waals surface area (Å²) in [4.78, 5) is 13.1. The van der Waals surface area contributed by atoms with Crippen LogP contribution >= 0.6 is 0 Å². The van der Waals surface area contributed by atoms with E-state index >= 15 is 0 Å². The summed E-state index contributed by atoms with van der Waals surface area (Å²) in [6.45, 7) is 1.32. The molecule has 1 heterocycles. The van der Waals surface area contributed by atoms with E-state index < -0.39 is 23.2 Å². The molecule has 20 heavy (non-hydrogen) atoms. The van der Waals surface area contributed by atoms with E-state index in [4.69, 9.17) is 10.5 Å². The monoisotopic (exact) mass is 288 g/mol. The average Bonchev–Trinajstić information content (AvgIpc) is 2.73. The molecule has 2 rings (SSSR count). The number of amides is 1. The first-order chi connectivity index (χ1) is 9.29. The van der Waals surface area contributed by atoms with Crippen LogP contribution in [0.2, 0.25) is 0 Å². The number of likely N-dealkylation sites (N-methyl/N-ethyl adjacent to an activating group) is 1. The van der Waals surface area contributed by atoms with E-state index in [0.717, 1.165) is 12.6 Å². The minimum absolute atomic E-state index is 0.316. The van der Waals surface area contributed by atoms with Crippen molar-refractivity contribution in [1.82, 2.24) is 4.90 Å². The Morgan fingerprint density at radius 2 is 2.15 bits per heavy atom. The number of ether oxygens (including phenoxy) is 1. The molecular weight excluding hydrogens is 273 g/mol. The Balaban J connectivity index is 2.37. The highest BCUT2D eigenvalue weighted by Crippen LogP contribution is 2.39. The fraction of sp³-hybridized carbons (Fsp3) is 0.462. The lowest BCUT2D eigenvalue weighted by Crippen LogP contribution is -2.25. The second-order valence-electron chi connectivity index (χ2n) is 4.83. The van der Waals surface area contributed by atoms with E-state index in [0.29, 0.717) is 13.0 Å². The fourth-order valence-corrected chi connectivity index (χ4v) is 2.30. The molecule has 1 amide bonds. The molecule has 0 unspecified atom stereocenters. The Morgan fingerprint density at radius 1 is 1.45 bits per heavy atom. The van der Waals surface area contributed by atoms with Crippen molar-refractivity contribution in [1.29, 1.82) is 0 Å². The number of rotatable bonds is 3. The zero-order valence-electron chi connectivity index (χ0n) is 10.9. The van der Waals surface area contributed by atoms with Gasteiger partial charge in [-0.15, -0.1) is 0 Å². The standard InChI is InChI=1S/C13H15F3N2O2/c1-18-6-5-8(7-18)20-10-4-2-3-9(12(17)19)11(10)13(14,15)16/h2-4,8H,5-7H2,1H3,(H2,17,19)/t8-/m1/s1. The number of benzene rings is 1. The highest BCUT2D eigenvalue weighted by molar-refractivity contribution is 5.95. The molecule has 0 saturated carbocycles. The maximum absolute atomic E-state index is 13.1. The molecular formula is C13H15F3N2O2. The Kier molecular flexibility index (Phi) is 3.89. The van der Waals surface area contributed by atoms with Crippen LogP contribution in [-0.4, -0.2) is 37.0 Å². The van der Waals surface area contributed by atoms with Crippen molar-refractivity contribution < 1.29 is 22.7 Å². The van der Waals surface area contributed by atoms with Gasteiger partial charge >= 0.3 is 6.18 Å². The summed E-state index contributed by atoms with van der Waals surface area (Å²) in [7, 11) is 1.87. The average molecular weight is 288 g/mol. The third kappa shape index (κ3) is 3.04. The number of hydrogen-bond donors (Lipinski definition) is 1. The lowest BCUT2D eigenvalue weighted by atomic mass is 10.1. The van der Waals surface area contributed by atoms with Crippen molar-refractivity contribution in [3.63, 3.8) is 0 Å². The number of halogens is 3. The van der Waals surface area contributed by atoms with E-state index in [1.807, 2.05) is 11.9 Å². The van der Waals surface area contributed by atoms with Crippen molar-refractivity contribution >= 4 is 5.91 Å². The number of carbonyl (C=O) groups excluding carboxylic acids is 1. The maximum atomic E-state index is 13.1. The van der Waals surface area contributed by atoms with Gasteiger partial charge in [-0.1, -0.05) is 6.07 Å². The molecule has 0 bridgehead atoms. The van der Waals surface area contributed by atoms with Gasteiger partial charge in [0.05, 0.1) is 5.56 Å². The normalized spacial score (nSPS) is 20.1. The first-order valence-electron chi connectivity index (χ1n) is 6.14. The number of likely N-dealkylation sites (tertiary alicyclic amines) is 1. The SMILES string of the molecule is CN1CC[C@@H](Oc2cccc(C(N)=O)c2C(F)(F)F)C1. The number of carbonyl (C=O) groups is 1. The third-order valence-corrected chi connectivity index (χ3v) is 3.22. The van der Waals surface area contributed by atoms with Gasteiger partial charge in [0, 0.05) is 13.1 Å². The van der Waals surface area contributed by atoms with Gasteiger partial charge in [-0.25, -0.2) is 0 Å². The number of nitrogens with zero attached hydrogens (tertiary/aromatic N) is 1. The Bertz CT molecular complexity index is 517. The lowest BCUT2D eigenvalue weighted by molar-refractivity contribution is -0.139. The van der Waals surface area contributed by atoms with Crippen molar-refractivity contribution in [3.8, 4) is 5.75 Å². The van der Waals surface area contributed by atoms with Gasteiger partial charge in [0.2, 0.25) is 5.91 Å². The maximum Gasteiger partial charge on any atom is 0.420 e. The van der Waals surface area contributed by atoms with E-state index in [-0.39, 0.29) is 11.9 Å². The van der Waals surface area contributed by atoms with Crippen LogP contribution in [-0.2, 0) is 6.18 Å². The summed E-state index contributed by atoms with van der Waals surface area (Å²) in [5, 5.41) is 0. The van der Waals surface area contributed by atoms with Crippen LogP contribution in [0.25, 0.3) is 0 Å². The van der Waals surface area contributed by atoms with Crippen LogP contribution in [0.4, 0.5) is 13.2 Å². The Labute approximate surface area is 114 Å². The molecule has 1 aliphatic heterocycles. The molecule has 1 saturated heterocycles. The zero-order valence-corrected chi connectivity index (χ0v) is 10.9. The quantitative estimate of drug-likeness (QED) is 0.924.